The number of oxime groups is 1. The highest BCUT2D eigenvalue weighted by atomic mass is 19.4. The molecule has 0 bridgehead atoms. The Bertz CT molecular complexity index is 560. The molecule has 0 radical (unpaired) electrons. The first-order valence-electron chi connectivity index (χ1n) is 5.59. The van der Waals surface area contributed by atoms with Gasteiger partial charge in [-0.3, -0.25) is 10.1 Å². The number of halogens is 3. The van der Waals surface area contributed by atoms with Crippen molar-refractivity contribution in [2.75, 3.05) is 6.61 Å². The van der Waals surface area contributed by atoms with Gasteiger partial charge in [0.15, 0.2) is 11.6 Å². The third kappa shape index (κ3) is 3.97. The molecular formula is C11H12F3N3O4. The van der Waals surface area contributed by atoms with Crippen molar-refractivity contribution in [1.82, 2.24) is 0 Å². The van der Waals surface area contributed by atoms with Gasteiger partial charge in [0.25, 0.3) is 0 Å². The zero-order valence-corrected chi connectivity index (χ0v) is 10.8. The maximum absolute atomic E-state index is 12.7. The Hall–Kier alpha value is -2.52. The van der Waals surface area contributed by atoms with Crippen LogP contribution in [0.25, 0.3) is 0 Å². The van der Waals surface area contributed by atoms with E-state index in [9.17, 15) is 23.3 Å². The molecule has 0 saturated carbocycles. The Morgan fingerprint density at radius 1 is 1.57 bits per heavy atom. The highest BCUT2D eigenvalue weighted by molar-refractivity contribution is 5.83. The van der Waals surface area contributed by atoms with Gasteiger partial charge in [-0.25, -0.2) is 0 Å². The summed E-state index contributed by atoms with van der Waals surface area (Å²) >= 11 is 0. The number of nitro benzene ring substituents is 1. The number of benzene rings is 1. The summed E-state index contributed by atoms with van der Waals surface area (Å²) < 4.78 is 43.0. The van der Waals surface area contributed by atoms with Gasteiger partial charge in [0.1, 0.15) is 12.5 Å². The number of aryl methyl sites for hydroxylation is 1. The van der Waals surface area contributed by atoms with Crippen LogP contribution >= 0.6 is 0 Å². The number of para-hydroxylation sites is 1. The van der Waals surface area contributed by atoms with Crippen molar-refractivity contribution < 1.29 is 28.0 Å². The fraction of sp³-hybridized carbons (Fsp3) is 0.364. The maximum Gasteiger partial charge on any atom is 0.402 e. The van der Waals surface area contributed by atoms with Crippen molar-refractivity contribution in [3.8, 4) is 5.75 Å². The lowest BCUT2D eigenvalue weighted by Gasteiger charge is -2.19. The lowest BCUT2D eigenvalue weighted by molar-refractivity contribution is -0.386. The molecule has 1 unspecified atom stereocenters. The SMILES string of the molecule is Cc1cccc(OCC(/C(N)=N/O)C(F)(F)F)c1[N+](=O)[O-]. The number of nitrogens with two attached hydrogens (primary N) is 1. The highest BCUT2D eigenvalue weighted by Gasteiger charge is 2.43. The summed E-state index contributed by atoms with van der Waals surface area (Å²) in [6.07, 6.45) is -4.81. The van der Waals surface area contributed by atoms with Crippen molar-refractivity contribution in [2.24, 2.45) is 16.8 Å². The van der Waals surface area contributed by atoms with Crippen LogP contribution in [0.4, 0.5) is 18.9 Å². The van der Waals surface area contributed by atoms with E-state index in [2.05, 4.69) is 5.16 Å². The molecule has 1 atom stereocenters. The topological polar surface area (TPSA) is 111 Å². The molecule has 0 fully saturated rings. The average Bonchev–Trinajstić information content (AvgIpc) is 2.36. The molecule has 0 spiro atoms. The normalized spacial score (nSPS) is 13.8. The van der Waals surface area contributed by atoms with Gasteiger partial charge < -0.3 is 15.7 Å². The first kappa shape index (κ1) is 16.5. The van der Waals surface area contributed by atoms with Crippen LogP contribution in [0.1, 0.15) is 5.56 Å². The van der Waals surface area contributed by atoms with E-state index < -0.39 is 35.1 Å². The average molecular weight is 307 g/mol. The number of ether oxygens (including phenoxy) is 1. The zero-order chi connectivity index (χ0) is 16.2. The van der Waals surface area contributed by atoms with Crippen molar-refractivity contribution in [1.29, 1.82) is 0 Å². The van der Waals surface area contributed by atoms with E-state index in [4.69, 9.17) is 15.7 Å². The Balaban J connectivity index is 3.02. The van der Waals surface area contributed by atoms with Crippen LogP contribution < -0.4 is 10.5 Å². The number of alkyl halides is 3. The number of rotatable bonds is 5. The van der Waals surface area contributed by atoms with E-state index in [1.165, 1.54) is 25.1 Å². The van der Waals surface area contributed by atoms with Gasteiger partial charge in [0.05, 0.1) is 4.92 Å². The molecule has 1 aromatic rings. The van der Waals surface area contributed by atoms with Crippen LogP contribution in [0, 0.1) is 23.0 Å². The zero-order valence-electron chi connectivity index (χ0n) is 10.8. The van der Waals surface area contributed by atoms with Crippen LogP contribution in [0.3, 0.4) is 0 Å². The molecule has 3 N–H and O–H groups in total. The molecule has 0 aromatic heterocycles. The monoisotopic (exact) mass is 307 g/mol. The Morgan fingerprint density at radius 3 is 2.67 bits per heavy atom. The van der Waals surface area contributed by atoms with E-state index in [1.807, 2.05) is 0 Å². The molecule has 21 heavy (non-hydrogen) atoms. The predicted octanol–water partition coefficient (Wildman–Crippen LogP) is 2.21. The number of nitro groups is 1. The Labute approximate surface area is 117 Å². The molecule has 10 heteroatoms. The lowest BCUT2D eigenvalue weighted by Crippen LogP contribution is -2.40. The first-order chi connectivity index (χ1) is 9.68. The van der Waals surface area contributed by atoms with Crippen LogP contribution in [0.15, 0.2) is 23.4 Å². The molecule has 1 rings (SSSR count). The van der Waals surface area contributed by atoms with E-state index in [-0.39, 0.29) is 11.3 Å². The summed E-state index contributed by atoms with van der Waals surface area (Å²) in [4.78, 5) is 10.1. The van der Waals surface area contributed by atoms with Crippen molar-refractivity contribution in [2.45, 2.75) is 13.1 Å². The van der Waals surface area contributed by atoms with E-state index >= 15 is 0 Å². The van der Waals surface area contributed by atoms with Crippen LogP contribution in [-0.4, -0.2) is 28.7 Å². The second kappa shape index (κ2) is 6.29. The standard InChI is InChI=1S/C11H12F3N3O4/c1-6-3-2-4-8(9(6)17(19)20)21-5-7(10(15)16-18)11(12,13)14/h2-4,7,18H,5H2,1H3,(H2,15,16). The fourth-order valence-corrected chi connectivity index (χ4v) is 1.57. The minimum absolute atomic E-state index is 0.241. The molecule has 0 aliphatic rings. The lowest BCUT2D eigenvalue weighted by atomic mass is 10.1. The minimum atomic E-state index is -4.81. The van der Waals surface area contributed by atoms with Gasteiger partial charge in [-0.1, -0.05) is 17.3 Å². The van der Waals surface area contributed by atoms with Crippen LogP contribution in [-0.2, 0) is 0 Å². The number of amidine groups is 1. The molecule has 0 saturated heterocycles. The summed E-state index contributed by atoms with van der Waals surface area (Å²) in [5.74, 6) is -3.78. The molecular weight excluding hydrogens is 295 g/mol. The summed E-state index contributed by atoms with van der Waals surface area (Å²) in [7, 11) is 0. The molecule has 0 amide bonds. The van der Waals surface area contributed by atoms with Gasteiger partial charge in [0.2, 0.25) is 0 Å². The van der Waals surface area contributed by atoms with Gasteiger partial charge in [0, 0.05) is 5.56 Å². The fourth-order valence-electron chi connectivity index (χ4n) is 1.57. The number of hydrogen-bond acceptors (Lipinski definition) is 5. The largest absolute Gasteiger partial charge is 0.486 e. The predicted molar refractivity (Wildman–Crippen MR) is 66.3 cm³/mol. The van der Waals surface area contributed by atoms with Crippen LogP contribution in [0.2, 0.25) is 0 Å². The smallest absolute Gasteiger partial charge is 0.402 e. The second-order valence-corrected chi connectivity index (χ2v) is 4.11. The minimum Gasteiger partial charge on any atom is -0.486 e. The second-order valence-electron chi connectivity index (χ2n) is 4.11. The molecule has 0 heterocycles. The van der Waals surface area contributed by atoms with Gasteiger partial charge >= 0.3 is 11.9 Å². The van der Waals surface area contributed by atoms with Crippen LogP contribution in [0.5, 0.6) is 5.75 Å². The molecule has 116 valence electrons. The molecule has 1 aromatic carbocycles. The van der Waals surface area contributed by atoms with E-state index in [0.717, 1.165) is 0 Å². The molecule has 7 nitrogen and oxygen atoms in total. The first-order valence-corrected chi connectivity index (χ1v) is 5.59. The van der Waals surface area contributed by atoms with E-state index in [0.29, 0.717) is 0 Å². The highest BCUT2D eigenvalue weighted by Crippen LogP contribution is 2.32. The number of hydrogen-bond donors (Lipinski definition) is 2. The van der Waals surface area contributed by atoms with Gasteiger partial charge in [-0.15, -0.1) is 0 Å². The summed E-state index contributed by atoms with van der Waals surface area (Å²) in [5, 5.41) is 21.5. The molecule has 0 aliphatic carbocycles. The third-order valence-electron chi connectivity index (χ3n) is 2.66. The van der Waals surface area contributed by atoms with Gasteiger partial charge in [-0.05, 0) is 13.0 Å². The third-order valence-corrected chi connectivity index (χ3v) is 2.66. The van der Waals surface area contributed by atoms with Crippen molar-refractivity contribution in [3.63, 3.8) is 0 Å². The Kier molecular flexibility index (Phi) is 4.95. The molecule has 0 aliphatic heterocycles. The number of nitrogens with zero attached hydrogens (tertiary/aromatic N) is 2. The van der Waals surface area contributed by atoms with Gasteiger partial charge in [-0.2, -0.15) is 13.2 Å². The quantitative estimate of drug-likeness (QED) is 0.285. The van der Waals surface area contributed by atoms with Crippen molar-refractivity contribution in [3.05, 3.63) is 33.9 Å². The maximum atomic E-state index is 12.7. The summed E-state index contributed by atoms with van der Waals surface area (Å²) in [6, 6.07) is 4.00. The summed E-state index contributed by atoms with van der Waals surface area (Å²) in [6.45, 7) is 0.388. The Morgan fingerprint density at radius 2 is 2.19 bits per heavy atom. The van der Waals surface area contributed by atoms with Crippen molar-refractivity contribution >= 4 is 11.5 Å². The van der Waals surface area contributed by atoms with E-state index in [1.54, 1.807) is 0 Å². The summed E-state index contributed by atoms with van der Waals surface area (Å²) in [5.41, 5.74) is 4.77.